The van der Waals surface area contributed by atoms with Crippen LogP contribution in [0.4, 0.5) is 10.7 Å². The van der Waals surface area contributed by atoms with Crippen molar-refractivity contribution in [2.75, 3.05) is 26.1 Å². The Labute approximate surface area is 177 Å². The van der Waals surface area contributed by atoms with E-state index in [1.807, 2.05) is 4.72 Å². The molecule has 30 heavy (non-hydrogen) atoms. The third-order valence-electron chi connectivity index (χ3n) is 3.87. The normalized spacial score (nSPS) is 13.4. The van der Waals surface area contributed by atoms with E-state index in [0.29, 0.717) is 11.4 Å². The topological polar surface area (TPSA) is 140 Å². The van der Waals surface area contributed by atoms with Crippen molar-refractivity contribution >= 4 is 39.7 Å². The smallest absolute Gasteiger partial charge is 0.335 e. The zero-order chi connectivity index (χ0) is 21.9. The van der Waals surface area contributed by atoms with Crippen LogP contribution in [0.15, 0.2) is 34.1 Å². The van der Waals surface area contributed by atoms with Gasteiger partial charge in [-0.2, -0.15) is 9.97 Å². The first kappa shape index (κ1) is 21.8. The molecule has 0 saturated heterocycles. The summed E-state index contributed by atoms with van der Waals surface area (Å²) in [5.74, 6) is 0.0239. The minimum atomic E-state index is -4.20. The number of anilines is 1. The maximum atomic E-state index is 12.8. The molecule has 1 aromatic heterocycles. The predicted octanol–water partition coefficient (Wildman–Crippen LogP) is 1.42. The number of sulfonamides is 1. The number of Topliss-reactive ketones (excluding diaryl/α,β-unsaturated/α-hetero) is 1. The summed E-state index contributed by atoms with van der Waals surface area (Å²) in [6.45, 7) is 2.07. The highest BCUT2D eigenvalue weighted by molar-refractivity contribution is 7.98. The number of fused-ring (bicyclic) bond motifs is 1. The van der Waals surface area contributed by atoms with Gasteiger partial charge in [0, 0.05) is 11.4 Å². The van der Waals surface area contributed by atoms with Crippen LogP contribution >= 0.6 is 11.9 Å². The van der Waals surface area contributed by atoms with Crippen LogP contribution in [0.1, 0.15) is 12.5 Å². The molecule has 0 saturated carbocycles. The van der Waals surface area contributed by atoms with Crippen LogP contribution in [0.2, 0.25) is 0 Å². The summed E-state index contributed by atoms with van der Waals surface area (Å²) in [6, 6.07) is 5.10. The monoisotopic (exact) mass is 453 g/mol. The lowest BCUT2D eigenvalue weighted by molar-refractivity contribution is -0.117. The number of hydrogen-bond acceptors (Lipinski definition) is 10. The minimum Gasteiger partial charge on any atom is -0.481 e. The number of aromatic nitrogens is 2. The Bertz CT molecular complexity index is 1070. The Morgan fingerprint density at radius 2 is 1.87 bits per heavy atom. The van der Waals surface area contributed by atoms with Crippen molar-refractivity contribution in [2.45, 2.75) is 23.3 Å². The average molecular weight is 454 g/mol. The van der Waals surface area contributed by atoms with E-state index in [2.05, 4.69) is 15.3 Å². The number of carbonyl (C=O) groups is 2. The molecule has 1 aliphatic rings. The largest absolute Gasteiger partial charge is 0.481 e. The zero-order valence-corrected chi connectivity index (χ0v) is 18.0. The number of amides is 2. The van der Waals surface area contributed by atoms with Crippen molar-refractivity contribution < 1.29 is 27.5 Å². The molecule has 2 heterocycles. The van der Waals surface area contributed by atoms with E-state index in [4.69, 9.17) is 9.47 Å². The SMILES string of the molecule is COc1cc(OC)nc(NC(=O)NS(=O)(=O)c2cccc3c2SN(CC(C)=O)C3)n1. The van der Waals surface area contributed by atoms with Gasteiger partial charge in [-0.25, -0.2) is 22.2 Å². The molecular formula is C17H19N5O6S2. The van der Waals surface area contributed by atoms with E-state index in [-0.39, 0.29) is 34.9 Å². The Morgan fingerprint density at radius 1 is 1.20 bits per heavy atom. The molecule has 1 aromatic carbocycles. The molecule has 0 atom stereocenters. The highest BCUT2D eigenvalue weighted by Crippen LogP contribution is 2.39. The molecule has 0 fully saturated rings. The molecule has 11 nitrogen and oxygen atoms in total. The summed E-state index contributed by atoms with van der Waals surface area (Å²) in [4.78, 5) is 31.9. The molecular weight excluding hydrogens is 434 g/mol. The number of carbonyl (C=O) groups excluding carboxylic acids is 2. The Balaban J connectivity index is 1.78. The van der Waals surface area contributed by atoms with Crippen LogP contribution in [-0.4, -0.2) is 55.3 Å². The van der Waals surface area contributed by atoms with Gasteiger partial charge in [-0.3, -0.25) is 10.1 Å². The number of nitrogens with zero attached hydrogens (tertiary/aromatic N) is 3. The lowest BCUT2D eigenvalue weighted by Crippen LogP contribution is -2.35. The standard InChI is InChI=1S/C17H19N5O6S2/c1-10(23)8-22-9-11-5-4-6-12(15(11)29-22)30(25,26)21-17(24)20-16-18-13(27-2)7-14(19-16)28-3/h4-7H,8-9H2,1-3H3,(H2,18,19,20,21,24). The fourth-order valence-corrected chi connectivity index (χ4v) is 5.26. The van der Waals surface area contributed by atoms with Gasteiger partial charge in [-0.15, -0.1) is 0 Å². The summed E-state index contributed by atoms with van der Waals surface area (Å²) < 4.78 is 39.3. The van der Waals surface area contributed by atoms with Crippen LogP contribution in [0.3, 0.4) is 0 Å². The number of methoxy groups -OCH3 is 2. The Morgan fingerprint density at radius 3 is 2.47 bits per heavy atom. The van der Waals surface area contributed by atoms with E-state index in [1.165, 1.54) is 33.3 Å². The maximum Gasteiger partial charge on any atom is 0.335 e. The van der Waals surface area contributed by atoms with Crippen LogP contribution in [0.25, 0.3) is 0 Å². The zero-order valence-electron chi connectivity index (χ0n) is 16.3. The van der Waals surface area contributed by atoms with E-state index in [9.17, 15) is 18.0 Å². The van der Waals surface area contributed by atoms with Gasteiger partial charge in [0.25, 0.3) is 10.0 Å². The van der Waals surface area contributed by atoms with E-state index in [0.717, 1.165) is 17.5 Å². The number of rotatable bonds is 7. The maximum absolute atomic E-state index is 12.8. The molecule has 0 aliphatic carbocycles. The van der Waals surface area contributed by atoms with Gasteiger partial charge in [0.05, 0.1) is 26.8 Å². The van der Waals surface area contributed by atoms with Crippen molar-refractivity contribution in [1.29, 1.82) is 0 Å². The van der Waals surface area contributed by atoms with Gasteiger partial charge >= 0.3 is 6.03 Å². The lowest BCUT2D eigenvalue weighted by Gasteiger charge is -2.12. The van der Waals surface area contributed by atoms with Crippen LogP contribution in [0.5, 0.6) is 11.8 Å². The predicted molar refractivity (Wildman–Crippen MR) is 108 cm³/mol. The number of nitrogens with one attached hydrogen (secondary N) is 2. The first-order valence-electron chi connectivity index (χ1n) is 8.57. The van der Waals surface area contributed by atoms with Crippen molar-refractivity contribution in [3.8, 4) is 11.8 Å². The molecule has 1 aliphatic heterocycles. The second-order valence-electron chi connectivity index (χ2n) is 6.17. The molecule has 0 unspecified atom stereocenters. The van der Waals surface area contributed by atoms with Crippen LogP contribution in [0, 0.1) is 0 Å². The molecule has 2 amide bonds. The van der Waals surface area contributed by atoms with Crippen LogP contribution in [-0.2, 0) is 21.4 Å². The molecule has 0 radical (unpaired) electrons. The first-order valence-corrected chi connectivity index (χ1v) is 10.8. The molecule has 160 valence electrons. The van der Waals surface area contributed by atoms with E-state index < -0.39 is 16.1 Å². The van der Waals surface area contributed by atoms with Gasteiger partial charge < -0.3 is 9.47 Å². The fraction of sp³-hybridized carbons (Fsp3) is 0.294. The van der Waals surface area contributed by atoms with Gasteiger partial charge in [-0.1, -0.05) is 12.1 Å². The first-order chi connectivity index (χ1) is 14.2. The summed E-state index contributed by atoms with van der Waals surface area (Å²) in [6.07, 6.45) is 0. The number of benzene rings is 1. The van der Waals surface area contributed by atoms with Crippen molar-refractivity contribution in [3.05, 3.63) is 29.8 Å². The Hall–Kier alpha value is -2.90. The van der Waals surface area contributed by atoms with Crippen molar-refractivity contribution in [3.63, 3.8) is 0 Å². The number of ketones is 1. The van der Waals surface area contributed by atoms with Crippen molar-refractivity contribution in [2.24, 2.45) is 0 Å². The highest BCUT2D eigenvalue weighted by Gasteiger charge is 2.30. The molecule has 2 N–H and O–H groups in total. The number of hydrogen-bond donors (Lipinski definition) is 2. The molecule has 3 rings (SSSR count). The molecule has 0 spiro atoms. The lowest BCUT2D eigenvalue weighted by atomic mass is 10.2. The third-order valence-corrected chi connectivity index (χ3v) is 6.55. The van der Waals surface area contributed by atoms with Gasteiger partial charge in [0.15, 0.2) is 0 Å². The molecule has 2 aromatic rings. The summed E-state index contributed by atoms with van der Waals surface area (Å²) in [5.41, 5.74) is 0.755. The number of ether oxygens (including phenoxy) is 2. The Kier molecular flexibility index (Phi) is 6.43. The van der Waals surface area contributed by atoms with E-state index >= 15 is 0 Å². The number of urea groups is 1. The third kappa shape index (κ3) is 4.98. The van der Waals surface area contributed by atoms with Gasteiger partial charge in [0.2, 0.25) is 17.7 Å². The summed E-state index contributed by atoms with van der Waals surface area (Å²) in [7, 11) is -1.45. The average Bonchev–Trinajstić information content (AvgIpc) is 3.08. The van der Waals surface area contributed by atoms with Crippen molar-refractivity contribution in [1.82, 2.24) is 19.0 Å². The second kappa shape index (κ2) is 8.85. The fourth-order valence-electron chi connectivity index (χ4n) is 2.66. The van der Waals surface area contributed by atoms with Gasteiger partial charge in [0.1, 0.15) is 10.7 Å². The van der Waals surface area contributed by atoms with E-state index in [1.54, 1.807) is 16.4 Å². The minimum absolute atomic E-state index is 0.0362. The quantitative estimate of drug-likeness (QED) is 0.591. The van der Waals surface area contributed by atoms with Crippen LogP contribution < -0.4 is 19.5 Å². The highest BCUT2D eigenvalue weighted by atomic mass is 32.2. The summed E-state index contributed by atoms with van der Waals surface area (Å²) in [5, 5.41) is 2.25. The summed E-state index contributed by atoms with van der Waals surface area (Å²) >= 11 is 1.16. The second-order valence-corrected chi connectivity index (χ2v) is 8.93. The van der Waals surface area contributed by atoms with Gasteiger partial charge in [-0.05, 0) is 30.5 Å². The molecule has 13 heteroatoms. The molecule has 0 bridgehead atoms.